The number of nitrogens with one attached hydrogen (secondary N) is 1. The van der Waals surface area contributed by atoms with E-state index in [2.05, 4.69) is 11.1 Å². The SMILES string of the molecule is O=C1OCc2cc3[nH]c4ccccc4c3cc21. The lowest BCUT2D eigenvalue weighted by atomic mass is 10.1. The predicted octanol–water partition coefficient (Wildman–Crippen LogP) is 2.99. The summed E-state index contributed by atoms with van der Waals surface area (Å²) in [5.74, 6) is -0.216. The molecule has 1 aliphatic rings. The van der Waals surface area contributed by atoms with Crippen molar-refractivity contribution in [3.63, 3.8) is 0 Å². The molecule has 2 aromatic carbocycles. The number of H-pyrrole nitrogens is 1. The Morgan fingerprint density at radius 1 is 1.06 bits per heavy atom. The number of carbonyl (C=O) groups is 1. The molecule has 0 bridgehead atoms. The fourth-order valence-electron chi connectivity index (χ4n) is 2.47. The van der Waals surface area contributed by atoms with Gasteiger partial charge in [-0.1, -0.05) is 18.2 Å². The van der Waals surface area contributed by atoms with E-state index in [-0.39, 0.29) is 5.97 Å². The van der Waals surface area contributed by atoms with Crippen LogP contribution < -0.4 is 0 Å². The summed E-state index contributed by atoms with van der Waals surface area (Å²) in [7, 11) is 0. The molecular formula is C14H9NO2. The summed E-state index contributed by atoms with van der Waals surface area (Å²) in [6.45, 7) is 0.388. The van der Waals surface area contributed by atoms with Gasteiger partial charge in [-0.05, 0) is 18.2 Å². The van der Waals surface area contributed by atoms with E-state index in [0.717, 1.165) is 27.4 Å². The number of aromatic nitrogens is 1. The van der Waals surface area contributed by atoms with Crippen molar-refractivity contribution in [3.8, 4) is 0 Å². The summed E-state index contributed by atoms with van der Waals surface area (Å²) in [4.78, 5) is 14.9. The van der Waals surface area contributed by atoms with Crippen LogP contribution in [0.5, 0.6) is 0 Å². The first kappa shape index (κ1) is 8.82. The van der Waals surface area contributed by atoms with Gasteiger partial charge in [-0.25, -0.2) is 4.79 Å². The van der Waals surface area contributed by atoms with Gasteiger partial charge in [0.15, 0.2) is 0 Å². The van der Waals surface area contributed by atoms with Gasteiger partial charge in [0.2, 0.25) is 0 Å². The molecule has 0 fully saturated rings. The van der Waals surface area contributed by atoms with Crippen molar-refractivity contribution in [2.24, 2.45) is 0 Å². The maximum atomic E-state index is 11.5. The third-order valence-corrected chi connectivity index (χ3v) is 3.31. The van der Waals surface area contributed by atoms with E-state index in [9.17, 15) is 4.79 Å². The van der Waals surface area contributed by atoms with Crippen molar-refractivity contribution in [1.29, 1.82) is 0 Å². The van der Waals surface area contributed by atoms with Crippen LogP contribution in [0.3, 0.4) is 0 Å². The first-order valence-corrected chi connectivity index (χ1v) is 5.53. The molecule has 0 amide bonds. The quantitative estimate of drug-likeness (QED) is 0.595. The summed E-state index contributed by atoms with van der Waals surface area (Å²) >= 11 is 0. The van der Waals surface area contributed by atoms with E-state index in [1.165, 1.54) is 0 Å². The molecule has 0 aliphatic carbocycles. The van der Waals surface area contributed by atoms with Crippen LogP contribution >= 0.6 is 0 Å². The van der Waals surface area contributed by atoms with Crippen molar-refractivity contribution in [2.45, 2.75) is 6.61 Å². The lowest BCUT2D eigenvalue weighted by molar-refractivity contribution is 0.0535. The minimum absolute atomic E-state index is 0.216. The molecule has 17 heavy (non-hydrogen) atoms. The number of aromatic amines is 1. The summed E-state index contributed by atoms with van der Waals surface area (Å²) < 4.78 is 5.02. The first-order chi connectivity index (χ1) is 8.33. The van der Waals surface area contributed by atoms with Gasteiger partial charge < -0.3 is 9.72 Å². The number of ether oxygens (including phenoxy) is 1. The van der Waals surface area contributed by atoms with E-state index in [0.29, 0.717) is 12.2 Å². The molecule has 0 saturated heterocycles. The van der Waals surface area contributed by atoms with Crippen molar-refractivity contribution < 1.29 is 9.53 Å². The highest BCUT2D eigenvalue weighted by Gasteiger charge is 2.22. The monoisotopic (exact) mass is 223 g/mol. The Hall–Kier alpha value is -2.29. The molecule has 3 aromatic rings. The van der Waals surface area contributed by atoms with Crippen LogP contribution in [0.25, 0.3) is 21.8 Å². The largest absolute Gasteiger partial charge is 0.457 e. The number of hydrogen-bond donors (Lipinski definition) is 1. The van der Waals surface area contributed by atoms with Gasteiger partial charge in [0.1, 0.15) is 6.61 Å². The highest BCUT2D eigenvalue weighted by atomic mass is 16.5. The number of carbonyl (C=O) groups excluding carboxylic acids is 1. The molecule has 3 heteroatoms. The van der Waals surface area contributed by atoms with Crippen molar-refractivity contribution >= 4 is 27.8 Å². The van der Waals surface area contributed by atoms with E-state index in [1.807, 2.05) is 30.3 Å². The summed E-state index contributed by atoms with van der Waals surface area (Å²) in [6.07, 6.45) is 0. The van der Waals surface area contributed by atoms with Gasteiger partial charge in [0, 0.05) is 27.4 Å². The molecule has 0 radical (unpaired) electrons. The molecule has 82 valence electrons. The Bertz CT molecular complexity index is 770. The highest BCUT2D eigenvalue weighted by Crippen LogP contribution is 2.30. The molecular weight excluding hydrogens is 214 g/mol. The van der Waals surface area contributed by atoms with E-state index in [4.69, 9.17) is 4.74 Å². The van der Waals surface area contributed by atoms with Crippen molar-refractivity contribution in [1.82, 2.24) is 4.98 Å². The van der Waals surface area contributed by atoms with Crippen LogP contribution in [0.4, 0.5) is 0 Å². The number of rotatable bonds is 0. The minimum atomic E-state index is -0.216. The molecule has 2 heterocycles. The maximum Gasteiger partial charge on any atom is 0.338 e. The molecule has 1 aliphatic heterocycles. The van der Waals surface area contributed by atoms with Crippen LogP contribution in [0.1, 0.15) is 15.9 Å². The van der Waals surface area contributed by atoms with Crippen molar-refractivity contribution in [3.05, 3.63) is 47.5 Å². The molecule has 1 aromatic heterocycles. The molecule has 4 rings (SSSR count). The van der Waals surface area contributed by atoms with Gasteiger partial charge in [0.25, 0.3) is 0 Å². The zero-order valence-electron chi connectivity index (χ0n) is 8.99. The van der Waals surface area contributed by atoms with Gasteiger partial charge in [-0.3, -0.25) is 0 Å². The molecule has 0 atom stereocenters. The number of cyclic esters (lactones) is 1. The van der Waals surface area contributed by atoms with Gasteiger partial charge in [0.05, 0.1) is 5.56 Å². The number of benzene rings is 2. The Labute approximate surface area is 97.0 Å². The number of hydrogen-bond acceptors (Lipinski definition) is 2. The minimum Gasteiger partial charge on any atom is -0.457 e. The van der Waals surface area contributed by atoms with Gasteiger partial charge in [-0.15, -0.1) is 0 Å². The standard InChI is InChI=1S/C14H9NO2/c16-14-10-6-11-9-3-1-2-4-12(9)15-13(11)5-8(10)7-17-14/h1-6,15H,7H2. The normalized spacial score (nSPS) is 14.2. The zero-order chi connectivity index (χ0) is 11.4. The average molecular weight is 223 g/mol. The highest BCUT2D eigenvalue weighted by molar-refractivity contribution is 6.10. The van der Waals surface area contributed by atoms with Gasteiger partial charge >= 0.3 is 5.97 Å². The second-order valence-corrected chi connectivity index (χ2v) is 4.30. The number of fused-ring (bicyclic) bond motifs is 4. The zero-order valence-corrected chi connectivity index (χ0v) is 8.99. The van der Waals surface area contributed by atoms with Crippen LogP contribution in [-0.4, -0.2) is 11.0 Å². The molecule has 0 spiro atoms. The van der Waals surface area contributed by atoms with Gasteiger partial charge in [-0.2, -0.15) is 0 Å². The molecule has 0 saturated carbocycles. The Kier molecular flexibility index (Phi) is 1.50. The fraction of sp³-hybridized carbons (Fsp3) is 0.0714. The van der Waals surface area contributed by atoms with Crippen molar-refractivity contribution in [2.75, 3.05) is 0 Å². The lowest BCUT2D eigenvalue weighted by Crippen LogP contribution is -1.92. The summed E-state index contributed by atoms with van der Waals surface area (Å²) in [6, 6.07) is 12.0. The first-order valence-electron chi connectivity index (χ1n) is 5.53. The topological polar surface area (TPSA) is 42.1 Å². The summed E-state index contributed by atoms with van der Waals surface area (Å²) in [5, 5.41) is 2.23. The fourth-order valence-corrected chi connectivity index (χ4v) is 2.47. The van der Waals surface area contributed by atoms with E-state index < -0.39 is 0 Å². The Morgan fingerprint density at radius 2 is 1.94 bits per heavy atom. The van der Waals surface area contributed by atoms with Crippen LogP contribution in [-0.2, 0) is 11.3 Å². The molecule has 3 nitrogen and oxygen atoms in total. The van der Waals surface area contributed by atoms with Crippen LogP contribution in [0.15, 0.2) is 36.4 Å². The Morgan fingerprint density at radius 3 is 2.88 bits per heavy atom. The second kappa shape index (κ2) is 2.88. The second-order valence-electron chi connectivity index (χ2n) is 4.30. The smallest absolute Gasteiger partial charge is 0.338 e. The van der Waals surface area contributed by atoms with Crippen LogP contribution in [0, 0.1) is 0 Å². The van der Waals surface area contributed by atoms with E-state index >= 15 is 0 Å². The number of esters is 1. The third-order valence-electron chi connectivity index (χ3n) is 3.31. The molecule has 1 N–H and O–H groups in total. The Balaban J connectivity index is 2.19. The average Bonchev–Trinajstić information content (AvgIpc) is 2.88. The lowest BCUT2D eigenvalue weighted by Gasteiger charge is -1.95. The van der Waals surface area contributed by atoms with E-state index in [1.54, 1.807) is 0 Å². The maximum absolute atomic E-state index is 11.5. The third kappa shape index (κ3) is 1.08. The van der Waals surface area contributed by atoms with Crippen LogP contribution in [0.2, 0.25) is 0 Å². The number of para-hydroxylation sites is 1. The summed E-state index contributed by atoms with van der Waals surface area (Å²) in [5.41, 5.74) is 3.82. The predicted molar refractivity (Wildman–Crippen MR) is 64.9 cm³/mol. The molecule has 0 unspecified atom stereocenters.